The summed E-state index contributed by atoms with van der Waals surface area (Å²) < 4.78 is 13.2. The molecule has 0 aromatic heterocycles. The first-order valence-electron chi connectivity index (χ1n) is 5.92. The van der Waals surface area contributed by atoms with Crippen LogP contribution in [0.4, 0.5) is 15.8 Å². The zero-order chi connectivity index (χ0) is 14.2. The summed E-state index contributed by atoms with van der Waals surface area (Å²) in [6.07, 6.45) is 1.69. The molecule has 2 rings (SSSR count). The summed E-state index contributed by atoms with van der Waals surface area (Å²) in [6, 6.07) is 1.70. The molecule has 0 heterocycles. The van der Waals surface area contributed by atoms with E-state index in [1.54, 1.807) is 0 Å². The number of halogens is 1. The Bertz CT molecular complexity index is 541. The number of amides is 1. The van der Waals surface area contributed by atoms with Gasteiger partial charge >= 0.3 is 0 Å². The molecule has 0 saturated heterocycles. The lowest BCUT2D eigenvalue weighted by Crippen LogP contribution is -2.43. The zero-order valence-corrected chi connectivity index (χ0v) is 10.4. The van der Waals surface area contributed by atoms with Gasteiger partial charge in [-0.2, -0.15) is 0 Å². The van der Waals surface area contributed by atoms with Gasteiger partial charge in [0.1, 0.15) is 5.56 Å². The second-order valence-electron chi connectivity index (χ2n) is 4.89. The monoisotopic (exact) mass is 267 g/mol. The van der Waals surface area contributed by atoms with Gasteiger partial charge < -0.3 is 11.1 Å². The molecule has 1 aliphatic carbocycles. The summed E-state index contributed by atoms with van der Waals surface area (Å²) >= 11 is 0. The molecule has 1 aliphatic rings. The van der Waals surface area contributed by atoms with Gasteiger partial charge in [-0.3, -0.25) is 14.9 Å². The van der Waals surface area contributed by atoms with Crippen LogP contribution < -0.4 is 11.1 Å². The predicted molar refractivity (Wildman–Crippen MR) is 67.1 cm³/mol. The third-order valence-corrected chi connectivity index (χ3v) is 3.27. The van der Waals surface area contributed by atoms with E-state index >= 15 is 0 Å². The molecule has 1 aromatic rings. The Morgan fingerprint density at radius 1 is 1.53 bits per heavy atom. The van der Waals surface area contributed by atoms with Crippen LogP contribution >= 0.6 is 0 Å². The van der Waals surface area contributed by atoms with Crippen molar-refractivity contribution in [1.29, 1.82) is 0 Å². The Morgan fingerprint density at radius 3 is 2.68 bits per heavy atom. The Balaban J connectivity index is 2.24. The van der Waals surface area contributed by atoms with Crippen molar-refractivity contribution in [1.82, 2.24) is 5.32 Å². The van der Waals surface area contributed by atoms with Crippen molar-refractivity contribution in [3.8, 4) is 0 Å². The van der Waals surface area contributed by atoms with Crippen LogP contribution in [-0.4, -0.2) is 16.9 Å². The lowest BCUT2D eigenvalue weighted by Gasteiger charge is -2.33. The number of carbonyl (C=O) groups is 1. The van der Waals surface area contributed by atoms with Gasteiger partial charge in [0.15, 0.2) is 5.82 Å². The summed E-state index contributed by atoms with van der Waals surface area (Å²) in [5.41, 5.74) is 4.29. The second kappa shape index (κ2) is 4.83. The van der Waals surface area contributed by atoms with Crippen LogP contribution in [0.3, 0.4) is 0 Å². The standard InChI is InChI=1S/C12H14FN3O3/c1-6-2-7(3-6)15-12(17)8-4-10(14)9(13)5-11(8)16(18)19/h4-7H,2-3,14H2,1H3,(H,15,17). The number of hydrogen-bond acceptors (Lipinski definition) is 4. The van der Waals surface area contributed by atoms with Crippen LogP contribution in [-0.2, 0) is 0 Å². The molecular weight excluding hydrogens is 253 g/mol. The molecule has 0 spiro atoms. The molecule has 0 radical (unpaired) electrons. The van der Waals surface area contributed by atoms with E-state index in [0.29, 0.717) is 12.0 Å². The maximum Gasteiger partial charge on any atom is 0.285 e. The largest absolute Gasteiger partial charge is 0.396 e. The Labute approximate surface area is 108 Å². The van der Waals surface area contributed by atoms with Crippen LogP contribution in [0, 0.1) is 21.8 Å². The van der Waals surface area contributed by atoms with Gasteiger partial charge in [0.2, 0.25) is 0 Å². The summed E-state index contributed by atoms with van der Waals surface area (Å²) in [5, 5.41) is 13.5. The number of benzene rings is 1. The quantitative estimate of drug-likeness (QED) is 0.496. The highest BCUT2D eigenvalue weighted by atomic mass is 19.1. The molecule has 0 atom stereocenters. The number of hydrogen-bond donors (Lipinski definition) is 2. The molecule has 1 fully saturated rings. The normalized spacial score (nSPS) is 21.6. The van der Waals surface area contributed by atoms with Crippen molar-refractivity contribution >= 4 is 17.3 Å². The minimum Gasteiger partial charge on any atom is -0.396 e. The van der Waals surface area contributed by atoms with Crippen molar-refractivity contribution in [2.45, 2.75) is 25.8 Å². The highest BCUT2D eigenvalue weighted by molar-refractivity contribution is 5.99. The second-order valence-corrected chi connectivity index (χ2v) is 4.89. The van der Waals surface area contributed by atoms with Crippen LogP contribution in [0.5, 0.6) is 0 Å². The van der Waals surface area contributed by atoms with Crippen molar-refractivity contribution in [3.63, 3.8) is 0 Å². The predicted octanol–water partition coefficient (Wildman–Crippen LogP) is 1.84. The van der Waals surface area contributed by atoms with E-state index in [4.69, 9.17) is 5.73 Å². The summed E-state index contributed by atoms with van der Waals surface area (Å²) in [7, 11) is 0. The first kappa shape index (κ1) is 13.3. The average Bonchev–Trinajstić information content (AvgIpc) is 2.29. The molecular formula is C12H14FN3O3. The SMILES string of the molecule is CC1CC(NC(=O)c2cc(N)c(F)cc2[N+](=O)[O-])C1. The molecule has 102 valence electrons. The highest BCUT2D eigenvalue weighted by Crippen LogP contribution is 2.28. The van der Waals surface area contributed by atoms with Crippen LogP contribution in [0.15, 0.2) is 12.1 Å². The number of nitrogens with one attached hydrogen (secondary N) is 1. The number of nitrogens with zero attached hydrogens (tertiary/aromatic N) is 1. The van der Waals surface area contributed by atoms with Gasteiger partial charge in [0.05, 0.1) is 16.7 Å². The number of rotatable bonds is 3. The number of carbonyl (C=O) groups excluding carboxylic acids is 1. The Morgan fingerprint density at radius 2 is 2.16 bits per heavy atom. The van der Waals surface area contributed by atoms with Crippen LogP contribution in [0.1, 0.15) is 30.1 Å². The zero-order valence-electron chi connectivity index (χ0n) is 10.4. The Hall–Kier alpha value is -2.18. The molecule has 1 aromatic carbocycles. The van der Waals surface area contributed by atoms with Gasteiger partial charge in [0.25, 0.3) is 11.6 Å². The van der Waals surface area contributed by atoms with E-state index in [-0.39, 0.29) is 17.3 Å². The molecule has 0 bridgehead atoms. The van der Waals surface area contributed by atoms with E-state index in [1.165, 1.54) is 0 Å². The van der Waals surface area contributed by atoms with E-state index in [0.717, 1.165) is 18.9 Å². The molecule has 3 N–H and O–H groups in total. The minimum absolute atomic E-state index is 0.0216. The van der Waals surface area contributed by atoms with Gasteiger partial charge in [-0.1, -0.05) is 6.92 Å². The summed E-state index contributed by atoms with van der Waals surface area (Å²) in [4.78, 5) is 22.0. The third-order valence-electron chi connectivity index (χ3n) is 3.27. The van der Waals surface area contributed by atoms with E-state index < -0.39 is 22.3 Å². The topological polar surface area (TPSA) is 98.3 Å². The number of nitro groups is 1. The van der Waals surface area contributed by atoms with Gasteiger partial charge in [0, 0.05) is 6.04 Å². The minimum atomic E-state index is -0.902. The lowest BCUT2D eigenvalue weighted by atomic mass is 9.82. The summed E-state index contributed by atoms with van der Waals surface area (Å²) in [6.45, 7) is 2.06. The number of nitrogens with two attached hydrogens (primary N) is 1. The molecule has 6 nitrogen and oxygen atoms in total. The van der Waals surface area contributed by atoms with Gasteiger partial charge in [-0.05, 0) is 24.8 Å². The van der Waals surface area contributed by atoms with E-state index in [9.17, 15) is 19.3 Å². The Kier molecular flexibility index (Phi) is 3.37. The van der Waals surface area contributed by atoms with Crippen molar-refractivity contribution in [3.05, 3.63) is 33.6 Å². The highest BCUT2D eigenvalue weighted by Gasteiger charge is 2.29. The third kappa shape index (κ3) is 2.64. The fourth-order valence-electron chi connectivity index (χ4n) is 2.20. The van der Waals surface area contributed by atoms with Crippen molar-refractivity contribution < 1.29 is 14.1 Å². The smallest absolute Gasteiger partial charge is 0.285 e. The number of nitrogen functional groups attached to an aromatic ring is 1. The number of nitro benzene ring substituents is 1. The van der Waals surface area contributed by atoms with Gasteiger partial charge in [-0.15, -0.1) is 0 Å². The maximum atomic E-state index is 13.2. The lowest BCUT2D eigenvalue weighted by molar-refractivity contribution is -0.385. The first-order chi connectivity index (χ1) is 8.88. The molecule has 7 heteroatoms. The number of anilines is 1. The fraction of sp³-hybridized carbons (Fsp3) is 0.417. The first-order valence-corrected chi connectivity index (χ1v) is 5.92. The molecule has 0 aliphatic heterocycles. The van der Waals surface area contributed by atoms with Crippen LogP contribution in [0.25, 0.3) is 0 Å². The average molecular weight is 267 g/mol. The van der Waals surface area contributed by atoms with E-state index in [1.807, 2.05) is 0 Å². The van der Waals surface area contributed by atoms with Crippen molar-refractivity contribution in [2.24, 2.45) is 5.92 Å². The molecule has 19 heavy (non-hydrogen) atoms. The molecule has 1 saturated carbocycles. The van der Waals surface area contributed by atoms with Crippen LogP contribution in [0.2, 0.25) is 0 Å². The maximum absolute atomic E-state index is 13.2. The summed E-state index contributed by atoms with van der Waals surface area (Å²) in [5.74, 6) is -0.950. The molecule has 1 amide bonds. The fourth-order valence-corrected chi connectivity index (χ4v) is 2.20. The van der Waals surface area contributed by atoms with Gasteiger partial charge in [-0.25, -0.2) is 4.39 Å². The molecule has 0 unspecified atom stereocenters. The van der Waals surface area contributed by atoms with E-state index in [2.05, 4.69) is 12.2 Å². The van der Waals surface area contributed by atoms with Crippen molar-refractivity contribution in [2.75, 3.05) is 5.73 Å².